The monoisotopic (exact) mass is 611 g/mol. The third kappa shape index (κ3) is 5.84. The van der Waals surface area contributed by atoms with E-state index in [2.05, 4.69) is 34.0 Å². The molecule has 0 aliphatic carbocycles. The van der Waals surface area contributed by atoms with Crippen LogP contribution in [-0.2, 0) is 28.6 Å². The van der Waals surface area contributed by atoms with E-state index in [0.29, 0.717) is 45.7 Å². The number of aliphatic hydroxyl groups is 1. The molecular formula is C28H42BrN3O7. The number of carbonyl (C=O) groups is 3. The van der Waals surface area contributed by atoms with Crippen LogP contribution < -0.4 is 0 Å². The molecule has 1 N–H and O–H groups in total. The molecule has 10 nitrogen and oxygen atoms in total. The SMILES string of the molecule is C=CCCCCOC(=O)[C@H]1[C@H]2C(=O)N([C@H](C)CO)C(C(=O)N(CC=C)CCN3CCOCC3)C23CC(Br)[C@@H]1O3. The van der Waals surface area contributed by atoms with Crippen LogP contribution >= 0.6 is 15.9 Å². The van der Waals surface area contributed by atoms with Gasteiger partial charge in [-0.2, -0.15) is 0 Å². The smallest absolute Gasteiger partial charge is 0.312 e. The van der Waals surface area contributed by atoms with E-state index < -0.39 is 41.6 Å². The molecule has 39 heavy (non-hydrogen) atoms. The van der Waals surface area contributed by atoms with E-state index in [1.807, 2.05) is 6.08 Å². The number of fused-ring (bicyclic) bond motifs is 1. The summed E-state index contributed by atoms with van der Waals surface area (Å²) in [5.74, 6) is -2.72. The third-order valence-corrected chi connectivity index (χ3v) is 9.31. The number of aliphatic hydroxyl groups excluding tert-OH is 1. The predicted octanol–water partition coefficient (Wildman–Crippen LogP) is 1.36. The molecule has 0 aromatic carbocycles. The Bertz CT molecular complexity index is 929. The highest BCUT2D eigenvalue weighted by molar-refractivity contribution is 9.09. The molecule has 0 aromatic heterocycles. The van der Waals surface area contributed by atoms with Crippen LogP contribution in [0.25, 0.3) is 0 Å². The second-order valence-corrected chi connectivity index (χ2v) is 12.1. The standard InChI is InChI=1S/C28H42BrN3O7/c1-4-6-7-8-14-38-27(36)21-22-25(34)32(19(3)18-33)24(28(22)17-20(29)23(21)39-28)26(35)31(9-5-2)11-10-30-12-15-37-16-13-30/h4-5,19-24,33H,1-2,6-18H2,3H3/t19-,20?,21+,22+,23+,24?,28?/m1/s1. The van der Waals surface area contributed by atoms with Crippen LogP contribution in [0, 0.1) is 11.8 Å². The molecule has 0 aromatic rings. The topological polar surface area (TPSA) is 109 Å². The first-order chi connectivity index (χ1) is 18.8. The van der Waals surface area contributed by atoms with Crippen molar-refractivity contribution in [3.63, 3.8) is 0 Å². The first-order valence-electron chi connectivity index (χ1n) is 14.0. The van der Waals surface area contributed by atoms with Crippen LogP contribution in [0.5, 0.6) is 0 Å². The summed E-state index contributed by atoms with van der Waals surface area (Å²) in [6.07, 6.45) is 5.74. The first kappa shape index (κ1) is 30.2. The number of likely N-dealkylation sites (tertiary alicyclic amines) is 1. The number of unbranched alkanes of at least 4 members (excludes halogenated alkanes) is 2. The van der Waals surface area contributed by atoms with Crippen molar-refractivity contribution >= 4 is 33.7 Å². The Morgan fingerprint density at radius 2 is 2.03 bits per heavy atom. The Morgan fingerprint density at radius 1 is 1.28 bits per heavy atom. The maximum absolute atomic E-state index is 14.3. The largest absolute Gasteiger partial charge is 0.465 e. The molecule has 3 unspecified atom stereocenters. The van der Waals surface area contributed by atoms with Gasteiger partial charge in [0, 0.05) is 37.6 Å². The van der Waals surface area contributed by atoms with E-state index in [1.54, 1.807) is 17.9 Å². The van der Waals surface area contributed by atoms with E-state index in [9.17, 15) is 19.5 Å². The fraction of sp³-hybridized carbons (Fsp3) is 0.750. The number of esters is 1. The normalized spacial score (nSPS) is 32.6. The van der Waals surface area contributed by atoms with Crippen LogP contribution in [0.4, 0.5) is 0 Å². The van der Waals surface area contributed by atoms with Gasteiger partial charge in [-0.05, 0) is 32.6 Å². The van der Waals surface area contributed by atoms with Crippen molar-refractivity contribution in [3.05, 3.63) is 25.3 Å². The molecule has 4 heterocycles. The average molecular weight is 613 g/mol. The summed E-state index contributed by atoms with van der Waals surface area (Å²) in [6, 6.07) is -1.58. The minimum Gasteiger partial charge on any atom is -0.465 e. The summed E-state index contributed by atoms with van der Waals surface area (Å²) < 4.78 is 17.6. The van der Waals surface area contributed by atoms with Crippen LogP contribution in [0.1, 0.15) is 32.6 Å². The molecule has 0 radical (unpaired) electrons. The molecule has 7 atom stereocenters. The van der Waals surface area contributed by atoms with Gasteiger partial charge in [0.05, 0.1) is 50.4 Å². The maximum Gasteiger partial charge on any atom is 0.312 e. The van der Waals surface area contributed by atoms with Crippen molar-refractivity contribution in [1.29, 1.82) is 0 Å². The number of alkyl halides is 1. The summed E-state index contributed by atoms with van der Waals surface area (Å²) in [7, 11) is 0. The molecule has 4 fully saturated rings. The molecule has 1 spiro atoms. The minimum absolute atomic E-state index is 0.208. The Hall–Kier alpha value is -1.79. The van der Waals surface area contributed by atoms with Gasteiger partial charge in [-0.3, -0.25) is 19.3 Å². The van der Waals surface area contributed by atoms with Crippen molar-refractivity contribution in [2.24, 2.45) is 11.8 Å². The molecule has 11 heteroatoms. The minimum atomic E-state index is -1.18. The Kier molecular flexibility index (Phi) is 10.3. The van der Waals surface area contributed by atoms with E-state index in [1.165, 1.54) is 4.90 Å². The summed E-state index contributed by atoms with van der Waals surface area (Å²) in [6.45, 7) is 13.6. The Balaban J connectivity index is 1.59. The van der Waals surface area contributed by atoms with Crippen molar-refractivity contribution in [3.8, 4) is 0 Å². The van der Waals surface area contributed by atoms with Gasteiger partial charge in [-0.25, -0.2) is 0 Å². The second-order valence-electron chi connectivity index (χ2n) is 10.9. The number of hydrogen-bond donors (Lipinski definition) is 1. The second kappa shape index (κ2) is 13.2. The predicted molar refractivity (Wildman–Crippen MR) is 148 cm³/mol. The molecule has 218 valence electrons. The van der Waals surface area contributed by atoms with E-state index in [0.717, 1.165) is 25.9 Å². The zero-order valence-electron chi connectivity index (χ0n) is 22.8. The fourth-order valence-electron chi connectivity index (χ4n) is 6.55. The molecule has 4 rings (SSSR count). The summed E-state index contributed by atoms with van der Waals surface area (Å²) in [5.41, 5.74) is -1.18. The Labute approximate surface area is 239 Å². The van der Waals surface area contributed by atoms with Gasteiger partial charge < -0.3 is 29.1 Å². The van der Waals surface area contributed by atoms with Crippen LogP contribution in [0.2, 0.25) is 0 Å². The van der Waals surface area contributed by atoms with Gasteiger partial charge >= 0.3 is 5.97 Å². The zero-order valence-corrected chi connectivity index (χ0v) is 24.4. The van der Waals surface area contributed by atoms with Crippen molar-refractivity contribution in [2.45, 2.75) is 61.2 Å². The van der Waals surface area contributed by atoms with Crippen LogP contribution in [-0.4, -0.2) is 125 Å². The molecule has 4 saturated heterocycles. The molecule has 2 bridgehead atoms. The lowest BCUT2D eigenvalue weighted by atomic mass is 9.70. The lowest BCUT2D eigenvalue weighted by Crippen LogP contribution is -2.59. The average Bonchev–Trinajstić information content (AvgIpc) is 3.53. The summed E-state index contributed by atoms with van der Waals surface area (Å²) in [4.78, 5) is 46.9. The van der Waals surface area contributed by atoms with Gasteiger partial charge in [-0.1, -0.05) is 28.1 Å². The molecule has 0 saturated carbocycles. The lowest BCUT2D eigenvalue weighted by molar-refractivity contribution is -0.156. The van der Waals surface area contributed by atoms with Gasteiger partial charge in [0.2, 0.25) is 11.8 Å². The number of rotatable bonds is 14. The number of amides is 2. The highest BCUT2D eigenvalue weighted by atomic mass is 79.9. The molecular weight excluding hydrogens is 570 g/mol. The first-order valence-corrected chi connectivity index (χ1v) is 14.9. The van der Waals surface area contributed by atoms with Gasteiger partial charge in [0.25, 0.3) is 0 Å². The number of allylic oxidation sites excluding steroid dienone is 1. The van der Waals surface area contributed by atoms with Gasteiger partial charge in [0.1, 0.15) is 11.6 Å². The van der Waals surface area contributed by atoms with Gasteiger partial charge in [0.15, 0.2) is 0 Å². The summed E-state index contributed by atoms with van der Waals surface area (Å²) >= 11 is 3.68. The number of hydrogen-bond acceptors (Lipinski definition) is 8. The third-order valence-electron chi connectivity index (χ3n) is 8.47. The van der Waals surface area contributed by atoms with Crippen LogP contribution in [0.15, 0.2) is 25.3 Å². The molecule has 2 amide bonds. The van der Waals surface area contributed by atoms with E-state index in [-0.39, 0.29) is 29.9 Å². The Morgan fingerprint density at radius 3 is 2.69 bits per heavy atom. The quantitative estimate of drug-likeness (QED) is 0.136. The maximum atomic E-state index is 14.3. The highest BCUT2D eigenvalue weighted by Gasteiger charge is 2.77. The van der Waals surface area contributed by atoms with Crippen LogP contribution in [0.3, 0.4) is 0 Å². The number of morpholine rings is 1. The van der Waals surface area contributed by atoms with Crippen molar-refractivity contribution in [1.82, 2.24) is 14.7 Å². The fourth-order valence-corrected chi connectivity index (χ4v) is 7.49. The highest BCUT2D eigenvalue weighted by Crippen LogP contribution is 2.60. The number of carbonyl (C=O) groups excluding carboxylic acids is 3. The molecule has 4 aliphatic rings. The van der Waals surface area contributed by atoms with Gasteiger partial charge in [-0.15, -0.1) is 13.2 Å². The number of halogens is 1. The van der Waals surface area contributed by atoms with Crippen molar-refractivity contribution in [2.75, 3.05) is 59.2 Å². The number of nitrogens with zero attached hydrogens (tertiary/aromatic N) is 3. The van der Waals surface area contributed by atoms with E-state index >= 15 is 0 Å². The van der Waals surface area contributed by atoms with Crippen molar-refractivity contribution < 1.29 is 33.7 Å². The number of ether oxygens (including phenoxy) is 3. The zero-order chi connectivity index (χ0) is 28.2. The van der Waals surface area contributed by atoms with E-state index in [4.69, 9.17) is 14.2 Å². The lowest BCUT2D eigenvalue weighted by Gasteiger charge is -2.39. The summed E-state index contributed by atoms with van der Waals surface area (Å²) in [5, 5.41) is 10.1. The molecule has 4 aliphatic heterocycles.